The lowest BCUT2D eigenvalue weighted by Crippen LogP contribution is -2.44. The van der Waals surface area contributed by atoms with E-state index in [-0.39, 0.29) is 17.4 Å². The highest BCUT2D eigenvalue weighted by atomic mass is 32.2. The van der Waals surface area contributed by atoms with Crippen LogP contribution in [0.1, 0.15) is 32.6 Å². The summed E-state index contributed by atoms with van der Waals surface area (Å²) in [6, 6.07) is 0.266. The van der Waals surface area contributed by atoms with Crippen LogP contribution < -0.4 is 11.1 Å². The van der Waals surface area contributed by atoms with Gasteiger partial charge in [-0.25, -0.2) is 0 Å². The number of nitrogens with one attached hydrogen (secondary N) is 1. The van der Waals surface area contributed by atoms with Crippen LogP contribution >= 0.6 is 11.8 Å². The fourth-order valence-electron chi connectivity index (χ4n) is 2.09. The lowest BCUT2D eigenvalue weighted by Gasteiger charge is -2.40. The molecule has 0 bridgehead atoms. The summed E-state index contributed by atoms with van der Waals surface area (Å²) in [5.41, 5.74) is 5.85. The zero-order valence-corrected chi connectivity index (χ0v) is 10.5. The number of rotatable bonds is 6. The van der Waals surface area contributed by atoms with Crippen molar-refractivity contribution >= 4 is 17.7 Å². The molecule has 0 aromatic heterocycles. The smallest absolute Gasteiger partial charge is 0.220 e. The van der Waals surface area contributed by atoms with Crippen molar-refractivity contribution in [1.82, 2.24) is 5.32 Å². The van der Waals surface area contributed by atoms with Crippen LogP contribution in [0.4, 0.5) is 0 Å². The predicted octanol–water partition coefficient (Wildman–Crippen LogP) is 1.37. The molecular formula is C11H22N2OS. The number of carbonyl (C=O) groups is 1. The molecule has 1 aliphatic carbocycles. The summed E-state index contributed by atoms with van der Waals surface area (Å²) in [5, 5.41) is 3.02. The van der Waals surface area contributed by atoms with Crippen LogP contribution in [0.2, 0.25) is 0 Å². The first-order valence-electron chi connectivity index (χ1n) is 5.60. The zero-order valence-electron chi connectivity index (χ0n) is 9.71. The van der Waals surface area contributed by atoms with Crippen molar-refractivity contribution < 1.29 is 4.79 Å². The maximum atomic E-state index is 11.7. The average Bonchev–Trinajstić information content (AvgIpc) is 2.11. The summed E-state index contributed by atoms with van der Waals surface area (Å²) in [6.07, 6.45) is 6.13. The Hall–Kier alpha value is -0.220. The monoisotopic (exact) mass is 230 g/mol. The lowest BCUT2D eigenvalue weighted by molar-refractivity contribution is -0.125. The van der Waals surface area contributed by atoms with Crippen molar-refractivity contribution in [2.45, 2.75) is 38.6 Å². The molecule has 3 N–H and O–H groups in total. The molecule has 0 radical (unpaired) electrons. The van der Waals surface area contributed by atoms with Gasteiger partial charge in [0.25, 0.3) is 0 Å². The van der Waals surface area contributed by atoms with Crippen LogP contribution in [-0.2, 0) is 4.79 Å². The van der Waals surface area contributed by atoms with E-state index < -0.39 is 0 Å². The highest BCUT2D eigenvalue weighted by Gasteiger charge is 2.37. The van der Waals surface area contributed by atoms with E-state index >= 15 is 0 Å². The van der Waals surface area contributed by atoms with E-state index in [9.17, 15) is 4.79 Å². The molecule has 1 atom stereocenters. The summed E-state index contributed by atoms with van der Waals surface area (Å²) >= 11 is 1.76. The largest absolute Gasteiger partial charge is 0.353 e. The van der Waals surface area contributed by atoms with Crippen molar-refractivity contribution in [3.8, 4) is 0 Å². The lowest BCUT2D eigenvalue weighted by atomic mass is 9.66. The van der Waals surface area contributed by atoms with Gasteiger partial charge in [0.05, 0.1) is 0 Å². The molecule has 1 saturated carbocycles. The molecule has 0 heterocycles. The number of carbonyl (C=O) groups excluding carboxylic acids is 1. The Morgan fingerprint density at radius 2 is 2.27 bits per heavy atom. The topological polar surface area (TPSA) is 55.1 Å². The van der Waals surface area contributed by atoms with Crippen molar-refractivity contribution in [3.63, 3.8) is 0 Å². The molecule has 0 aliphatic heterocycles. The molecule has 15 heavy (non-hydrogen) atoms. The first kappa shape index (κ1) is 12.8. The highest BCUT2D eigenvalue weighted by molar-refractivity contribution is 7.98. The molecular weight excluding hydrogens is 208 g/mol. The van der Waals surface area contributed by atoms with Gasteiger partial charge in [-0.15, -0.1) is 0 Å². The van der Waals surface area contributed by atoms with Gasteiger partial charge in [0.15, 0.2) is 0 Å². The van der Waals surface area contributed by atoms with E-state index in [1.54, 1.807) is 11.8 Å². The number of amides is 1. The third-order valence-corrected chi connectivity index (χ3v) is 4.04. The maximum Gasteiger partial charge on any atom is 0.220 e. The summed E-state index contributed by atoms with van der Waals surface area (Å²) in [5.74, 6) is 1.14. The van der Waals surface area contributed by atoms with Gasteiger partial charge in [-0.1, -0.05) is 6.42 Å². The van der Waals surface area contributed by atoms with Gasteiger partial charge in [-0.05, 0) is 38.0 Å². The Morgan fingerprint density at radius 1 is 1.60 bits per heavy atom. The molecule has 4 heteroatoms. The second-order valence-corrected chi connectivity index (χ2v) is 5.57. The highest BCUT2D eigenvalue weighted by Crippen LogP contribution is 2.42. The SMILES string of the molecule is CSCC(C)NC(=O)CC1(CN)CCC1. The van der Waals surface area contributed by atoms with Crippen LogP contribution in [0.3, 0.4) is 0 Å². The Morgan fingerprint density at radius 3 is 2.67 bits per heavy atom. The van der Waals surface area contributed by atoms with Crippen LogP contribution in [0.15, 0.2) is 0 Å². The molecule has 88 valence electrons. The maximum absolute atomic E-state index is 11.7. The Labute approximate surface area is 96.6 Å². The first-order valence-corrected chi connectivity index (χ1v) is 7.00. The van der Waals surface area contributed by atoms with E-state index in [1.807, 2.05) is 6.92 Å². The van der Waals surface area contributed by atoms with Crippen LogP contribution in [0.5, 0.6) is 0 Å². The van der Waals surface area contributed by atoms with Gasteiger partial charge in [-0.3, -0.25) is 4.79 Å². The van der Waals surface area contributed by atoms with Gasteiger partial charge >= 0.3 is 0 Å². The second-order valence-electron chi connectivity index (χ2n) is 4.66. The summed E-state index contributed by atoms with van der Waals surface area (Å²) < 4.78 is 0. The van der Waals surface area contributed by atoms with Crippen LogP contribution in [0.25, 0.3) is 0 Å². The van der Waals surface area contributed by atoms with Crippen LogP contribution in [0, 0.1) is 5.41 Å². The van der Waals surface area contributed by atoms with E-state index in [0.717, 1.165) is 18.6 Å². The second kappa shape index (κ2) is 5.75. The number of hydrogen-bond donors (Lipinski definition) is 2. The van der Waals surface area contributed by atoms with E-state index in [1.165, 1.54) is 6.42 Å². The minimum absolute atomic E-state index is 0.128. The van der Waals surface area contributed by atoms with Crippen LogP contribution in [-0.4, -0.2) is 30.5 Å². The molecule has 0 aromatic rings. The van der Waals surface area contributed by atoms with Crippen molar-refractivity contribution in [2.75, 3.05) is 18.6 Å². The quantitative estimate of drug-likeness (QED) is 0.724. The Bertz CT molecular complexity index is 211. The number of thioether (sulfide) groups is 1. The first-order chi connectivity index (χ1) is 7.12. The average molecular weight is 230 g/mol. The molecule has 1 fully saturated rings. The normalized spacial score (nSPS) is 20.5. The molecule has 1 amide bonds. The van der Waals surface area contributed by atoms with E-state index in [0.29, 0.717) is 13.0 Å². The van der Waals surface area contributed by atoms with Gasteiger partial charge in [-0.2, -0.15) is 11.8 Å². The van der Waals surface area contributed by atoms with Crippen molar-refractivity contribution in [1.29, 1.82) is 0 Å². The van der Waals surface area contributed by atoms with Crippen molar-refractivity contribution in [2.24, 2.45) is 11.1 Å². The number of nitrogens with two attached hydrogens (primary N) is 1. The summed E-state index contributed by atoms with van der Waals surface area (Å²) in [6.45, 7) is 2.70. The fourth-order valence-corrected chi connectivity index (χ4v) is 2.67. The standard InChI is InChI=1S/C11H22N2OS/c1-9(7-15-2)13-10(14)6-11(8-12)4-3-5-11/h9H,3-8,12H2,1-2H3,(H,13,14). The summed E-state index contributed by atoms with van der Waals surface area (Å²) in [7, 11) is 0. The minimum Gasteiger partial charge on any atom is -0.353 e. The van der Waals surface area contributed by atoms with E-state index in [2.05, 4.69) is 11.6 Å². The molecule has 3 nitrogen and oxygen atoms in total. The van der Waals surface area contributed by atoms with Gasteiger partial charge in [0, 0.05) is 18.2 Å². The predicted molar refractivity (Wildman–Crippen MR) is 65.9 cm³/mol. The Balaban J connectivity index is 2.28. The molecule has 0 aromatic carbocycles. The minimum atomic E-state index is 0.128. The summed E-state index contributed by atoms with van der Waals surface area (Å²) in [4.78, 5) is 11.7. The third-order valence-electron chi connectivity index (χ3n) is 3.21. The Kier molecular flexibility index (Phi) is 4.93. The van der Waals surface area contributed by atoms with Gasteiger partial charge in [0.1, 0.15) is 0 Å². The number of hydrogen-bond acceptors (Lipinski definition) is 3. The van der Waals surface area contributed by atoms with Crippen molar-refractivity contribution in [3.05, 3.63) is 0 Å². The molecule has 0 saturated heterocycles. The fraction of sp³-hybridized carbons (Fsp3) is 0.909. The molecule has 0 spiro atoms. The zero-order chi connectivity index (χ0) is 11.3. The van der Waals surface area contributed by atoms with E-state index in [4.69, 9.17) is 5.73 Å². The molecule has 1 rings (SSSR count). The molecule has 1 unspecified atom stereocenters. The van der Waals surface area contributed by atoms with Gasteiger partial charge in [0.2, 0.25) is 5.91 Å². The third kappa shape index (κ3) is 3.68. The molecule has 1 aliphatic rings. The van der Waals surface area contributed by atoms with Gasteiger partial charge < -0.3 is 11.1 Å².